The van der Waals surface area contributed by atoms with E-state index in [1.807, 2.05) is 91.9 Å². The van der Waals surface area contributed by atoms with E-state index in [2.05, 4.69) is 36.4 Å². The van der Waals surface area contributed by atoms with Gasteiger partial charge in [0.15, 0.2) is 12.5 Å². The van der Waals surface area contributed by atoms with Crippen LogP contribution in [0.3, 0.4) is 0 Å². The molecule has 5 atom stereocenters. The van der Waals surface area contributed by atoms with Gasteiger partial charge in [-0.15, -0.1) is 0 Å². The third-order valence-electron chi connectivity index (χ3n) is 7.17. The topological polar surface area (TPSA) is 38.7 Å². The van der Waals surface area contributed by atoms with Crippen molar-refractivity contribution >= 4 is 23.2 Å². The molecule has 0 amide bonds. The summed E-state index contributed by atoms with van der Waals surface area (Å²) in [5.74, 6) is 0. The van der Waals surface area contributed by atoms with Crippen molar-refractivity contribution < 1.29 is 19.0 Å². The molecule has 1 aliphatic heterocycles. The van der Waals surface area contributed by atoms with E-state index >= 15 is 4.39 Å². The van der Waals surface area contributed by atoms with Crippen LogP contribution in [-0.2, 0) is 9.47 Å². The summed E-state index contributed by atoms with van der Waals surface area (Å²) in [7, 11) is -2.34. The van der Waals surface area contributed by atoms with Crippen LogP contribution in [0.15, 0.2) is 121 Å². The molecule has 0 aromatic heterocycles. The minimum atomic E-state index is -2.34. The quantitative estimate of drug-likeness (QED) is 0.312. The van der Waals surface area contributed by atoms with Crippen molar-refractivity contribution in [1.29, 1.82) is 0 Å². The van der Waals surface area contributed by atoms with Crippen molar-refractivity contribution in [1.82, 2.24) is 0 Å². The summed E-state index contributed by atoms with van der Waals surface area (Å²) in [5.41, 5.74) is 0.979. The van der Waals surface area contributed by atoms with E-state index in [4.69, 9.17) is 9.47 Å². The van der Waals surface area contributed by atoms with Gasteiger partial charge in [0.2, 0.25) is 0 Å². The van der Waals surface area contributed by atoms with Crippen molar-refractivity contribution in [3.05, 3.63) is 127 Å². The Morgan fingerprint density at radius 3 is 1.68 bits per heavy atom. The minimum absolute atomic E-state index is 0.0995. The molecule has 0 spiro atoms. The number of aliphatic hydroxyl groups excluding tert-OH is 1. The lowest BCUT2D eigenvalue weighted by Crippen LogP contribution is -2.51. The first kappa shape index (κ1) is 25.8. The van der Waals surface area contributed by atoms with Gasteiger partial charge in [0, 0.05) is 6.42 Å². The summed E-state index contributed by atoms with van der Waals surface area (Å²) in [6.45, 7) is 1.92. The highest BCUT2D eigenvalue weighted by Crippen LogP contribution is 2.57. The van der Waals surface area contributed by atoms with Crippen LogP contribution >= 0.6 is 7.26 Å². The number of ether oxygens (including phenoxy) is 2. The second-order valence-electron chi connectivity index (χ2n) is 9.54. The number of benzene rings is 4. The maximum atomic E-state index is 16.3. The molecule has 0 saturated carbocycles. The zero-order valence-corrected chi connectivity index (χ0v) is 21.8. The average molecular weight is 516 g/mol. The fourth-order valence-electron chi connectivity index (χ4n) is 5.32. The summed E-state index contributed by atoms with van der Waals surface area (Å²) < 4.78 is 28.5. The van der Waals surface area contributed by atoms with E-state index < -0.39 is 31.9 Å². The van der Waals surface area contributed by atoms with Gasteiger partial charge >= 0.3 is 0 Å². The van der Waals surface area contributed by atoms with Gasteiger partial charge in [0.25, 0.3) is 0 Å². The van der Waals surface area contributed by atoms with Crippen LogP contribution in [0.5, 0.6) is 0 Å². The Labute approximate surface area is 219 Å². The number of hydrogen-bond acceptors (Lipinski definition) is 3. The van der Waals surface area contributed by atoms with E-state index in [9.17, 15) is 5.11 Å². The molecule has 190 valence electrons. The fraction of sp³-hybridized carbons (Fsp3) is 0.250. The van der Waals surface area contributed by atoms with E-state index in [0.29, 0.717) is 6.16 Å². The van der Waals surface area contributed by atoms with Crippen molar-refractivity contribution in [2.45, 2.75) is 44.1 Å². The Bertz CT molecular complexity index is 1140. The maximum Gasteiger partial charge on any atom is 0.157 e. The predicted molar refractivity (Wildman–Crippen MR) is 150 cm³/mol. The van der Waals surface area contributed by atoms with Gasteiger partial charge in [0.05, 0.1) is 12.2 Å². The minimum Gasteiger partial charge on any atom is -0.368 e. The Balaban J connectivity index is 1.53. The zero-order valence-electron chi connectivity index (χ0n) is 20.9. The van der Waals surface area contributed by atoms with Crippen molar-refractivity contribution in [2.75, 3.05) is 6.16 Å². The monoisotopic (exact) mass is 515 g/mol. The van der Waals surface area contributed by atoms with Gasteiger partial charge in [-0.25, -0.2) is 4.39 Å². The van der Waals surface area contributed by atoms with Crippen LogP contribution in [0.2, 0.25) is 0 Å². The van der Waals surface area contributed by atoms with Gasteiger partial charge in [-0.2, -0.15) is 0 Å². The molecule has 3 nitrogen and oxygen atoms in total. The number of rotatable bonds is 8. The number of hydrogen-bond donors (Lipinski definition) is 1. The average Bonchev–Trinajstić information content (AvgIpc) is 2.96. The molecule has 4 aromatic carbocycles. The summed E-state index contributed by atoms with van der Waals surface area (Å²) in [6.07, 6.45) is -3.85. The first-order valence-electron chi connectivity index (χ1n) is 12.8. The van der Waals surface area contributed by atoms with Gasteiger partial charge in [0.1, 0.15) is 35.4 Å². The molecule has 5 heteroatoms. The van der Waals surface area contributed by atoms with Crippen LogP contribution < -0.4 is 15.9 Å². The fourth-order valence-corrected chi connectivity index (χ4v) is 9.72. The van der Waals surface area contributed by atoms with Crippen LogP contribution in [0, 0.1) is 0 Å². The summed E-state index contributed by atoms with van der Waals surface area (Å²) in [5, 5.41) is 14.2. The third kappa shape index (κ3) is 5.54. The molecule has 0 radical (unpaired) electrons. The van der Waals surface area contributed by atoms with Gasteiger partial charge in [-0.3, -0.25) is 0 Å². The molecular weight excluding hydrogens is 482 g/mol. The molecule has 4 aromatic rings. The third-order valence-corrected chi connectivity index (χ3v) is 11.6. The van der Waals surface area contributed by atoms with Crippen molar-refractivity contribution in [3.63, 3.8) is 0 Å². The molecular formula is C32H33FO3P+. The van der Waals surface area contributed by atoms with Gasteiger partial charge in [-0.1, -0.05) is 84.9 Å². The largest absolute Gasteiger partial charge is 0.368 e. The van der Waals surface area contributed by atoms with Gasteiger partial charge in [-0.05, 0) is 48.9 Å². The first-order valence-corrected chi connectivity index (χ1v) is 14.8. The number of aliphatic hydroxyl groups is 1. The molecule has 5 rings (SSSR count). The molecule has 1 N–H and O–H groups in total. The maximum absolute atomic E-state index is 16.3. The van der Waals surface area contributed by atoms with Crippen molar-refractivity contribution in [3.8, 4) is 0 Å². The number of halogens is 1. The SMILES string of the molecule is CC(O[C@H]1CC(O)O[C@H](C[P+](c2ccccc2)(c2ccccc2)c2ccccc2)[C@@H]1F)c1ccccc1. The van der Waals surface area contributed by atoms with Crippen LogP contribution in [-0.4, -0.2) is 35.9 Å². The standard InChI is InChI=1S/C32H33FO3P/c1-24(25-14-6-2-7-15-25)35-29-22-31(34)36-30(32(29)33)23-37(26-16-8-3-9-17-26,27-18-10-4-11-19-27)28-20-12-5-13-21-28/h2-21,24,29-32,34H,22-23H2,1H3/q+1/t24?,29-,30+,31?,32+/m0/s1. The zero-order chi connectivity index (χ0) is 25.7. The molecule has 2 unspecified atom stereocenters. The second kappa shape index (κ2) is 11.7. The Morgan fingerprint density at radius 1 is 0.784 bits per heavy atom. The lowest BCUT2D eigenvalue weighted by molar-refractivity contribution is -0.227. The summed E-state index contributed by atoms with van der Waals surface area (Å²) in [6, 6.07) is 40.8. The normalized spacial score (nSPS) is 22.9. The highest BCUT2D eigenvalue weighted by Gasteiger charge is 2.52. The Kier molecular flexibility index (Phi) is 8.12. The summed E-state index contributed by atoms with van der Waals surface area (Å²) >= 11 is 0. The second-order valence-corrected chi connectivity index (χ2v) is 13.1. The molecule has 0 bridgehead atoms. The van der Waals surface area contributed by atoms with E-state index in [-0.39, 0.29) is 12.5 Å². The van der Waals surface area contributed by atoms with Crippen LogP contribution in [0.25, 0.3) is 0 Å². The number of alkyl halides is 1. The molecule has 1 aliphatic rings. The smallest absolute Gasteiger partial charge is 0.157 e. The molecule has 1 saturated heterocycles. The highest BCUT2D eigenvalue weighted by atomic mass is 31.2. The van der Waals surface area contributed by atoms with E-state index in [0.717, 1.165) is 21.5 Å². The Hall–Kier alpha value is -2.88. The summed E-state index contributed by atoms with van der Waals surface area (Å²) in [4.78, 5) is 0. The molecule has 1 fully saturated rings. The van der Waals surface area contributed by atoms with Crippen molar-refractivity contribution in [2.24, 2.45) is 0 Å². The molecule has 1 heterocycles. The van der Waals surface area contributed by atoms with E-state index in [1.54, 1.807) is 0 Å². The molecule has 0 aliphatic carbocycles. The predicted octanol–water partition coefficient (Wildman–Crippen LogP) is 5.57. The van der Waals surface area contributed by atoms with Gasteiger partial charge < -0.3 is 14.6 Å². The lowest BCUT2D eigenvalue weighted by Gasteiger charge is -2.39. The Morgan fingerprint density at radius 2 is 1.22 bits per heavy atom. The first-order chi connectivity index (χ1) is 18.1. The van der Waals surface area contributed by atoms with Crippen LogP contribution in [0.1, 0.15) is 25.0 Å². The molecule has 37 heavy (non-hydrogen) atoms. The van der Waals surface area contributed by atoms with E-state index in [1.165, 1.54) is 0 Å². The highest BCUT2D eigenvalue weighted by molar-refractivity contribution is 7.95. The van der Waals surface area contributed by atoms with Crippen LogP contribution in [0.4, 0.5) is 4.39 Å². The lowest BCUT2D eigenvalue weighted by atomic mass is 10.0.